The molecule has 0 saturated carbocycles. The number of nitrogens with one attached hydrogen (secondary N) is 1. The number of benzene rings is 1. The summed E-state index contributed by atoms with van der Waals surface area (Å²) in [6.07, 6.45) is 0. The molecule has 19 heavy (non-hydrogen) atoms. The molecular weight excluding hydrogens is 242 g/mol. The van der Waals surface area contributed by atoms with E-state index in [1.54, 1.807) is 31.3 Å². The number of aromatic amines is 1. The molecule has 2 rings (SSSR count). The summed E-state index contributed by atoms with van der Waals surface area (Å²) in [6, 6.07) is 6.92. The summed E-state index contributed by atoms with van der Waals surface area (Å²) in [4.78, 5) is 25.5. The van der Waals surface area contributed by atoms with Crippen molar-refractivity contribution in [1.82, 2.24) is 15.1 Å². The van der Waals surface area contributed by atoms with Gasteiger partial charge < -0.3 is 4.90 Å². The van der Waals surface area contributed by atoms with E-state index in [1.165, 1.54) is 4.90 Å². The van der Waals surface area contributed by atoms with Crippen LogP contribution in [0.5, 0.6) is 0 Å². The van der Waals surface area contributed by atoms with E-state index in [0.717, 1.165) is 5.57 Å². The molecule has 0 spiro atoms. The Labute approximate surface area is 110 Å². The molecule has 0 bridgehead atoms. The van der Waals surface area contributed by atoms with Crippen LogP contribution in [0.1, 0.15) is 17.4 Å². The van der Waals surface area contributed by atoms with Crippen LogP contribution in [0.25, 0.3) is 10.8 Å². The van der Waals surface area contributed by atoms with Crippen LogP contribution in [0.15, 0.2) is 41.2 Å². The molecule has 1 aromatic carbocycles. The molecule has 1 aromatic heterocycles. The lowest BCUT2D eigenvalue weighted by Crippen LogP contribution is -2.30. The number of rotatable bonds is 3. The first-order chi connectivity index (χ1) is 9.00. The van der Waals surface area contributed by atoms with Gasteiger partial charge in [0.05, 0.1) is 5.39 Å². The highest BCUT2D eigenvalue weighted by Crippen LogP contribution is 2.14. The number of hydrogen-bond donors (Lipinski definition) is 1. The third-order valence-electron chi connectivity index (χ3n) is 2.75. The minimum Gasteiger partial charge on any atom is -0.336 e. The zero-order chi connectivity index (χ0) is 14.0. The molecule has 0 saturated heterocycles. The maximum absolute atomic E-state index is 12.3. The Morgan fingerprint density at radius 3 is 2.63 bits per heavy atom. The van der Waals surface area contributed by atoms with Gasteiger partial charge in [0, 0.05) is 19.0 Å². The van der Waals surface area contributed by atoms with Crippen molar-refractivity contribution in [3.63, 3.8) is 0 Å². The Morgan fingerprint density at radius 1 is 1.37 bits per heavy atom. The number of hydrogen-bond acceptors (Lipinski definition) is 3. The molecule has 98 valence electrons. The molecule has 1 amide bonds. The average molecular weight is 257 g/mol. The first-order valence-corrected chi connectivity index (χ1v) is 5.88. The van der Waals surface area contributed by atoms with Crippen LogP contribution in [0.3, 0.4) is 0 Å². The number of carbonyl (C=O) groups is 1. The van der Waals surface area contributed by atoms with Crippen molar-refractivity contribution in [2.75, 3.05) is 13.6 Å². The van der Waals surface area contributed by atoms with E-state index in [4.69, 9.17) is 0 Å². The first kappa shape index (κ1) is 13.0. The standard InChI is InChI=1S/C14H15N3O2/c1-9(2)8-17(3)14(19)12-10-6-4-5-7-11(10)13(18)16-15-12/h4-7H,1,8H2,2-3H3,(H,16,18). The second-order valence-corrected chi connectivity index (χ2v) is 4.57. The third kappa shape index (κ3) is 2.54. The maximum Gasteiger partial charge on any atom is 0.274 e. The van der Waals surface area contributed by atoms with Gasteiger partial charge in [-0.15, -0.1) is 0 Å². The zero-order valence-corrected chi connectivity index (χ0v) is 10.9. The minimum absolute atomic E-state index is 0.240. The van der Waals surface area contributed by atoms with Gasteiger partial charge in [0.25, 0.3) is 11.5 Å². The smallest absolute Gasteiger partial charge is 0.274 e. The lowest BCUT2D eigenvalue weighted by molar-refractivity contribution is 0.0802. The van der Waals surface area contributed by atoms with Crippen LogP contribution in [0.2, 0.25) is 0 Å². The highest BCUT2D eigenvalue weighted by Gasteiger charge is 2.17. The molecular formula is C14H15N3O2. The molecule has 1 N–H and O–H groups in total. The van der Waals surface area contributed by atoms with Crippen LogP contribution in [0, 0.1) is 0 Å². The topological polar surface area (TPSA) is 66.1 Å². The lowest BCUT2D eigenvalue weighted by atomic mass is 10.1. The lowest BCUT2D eigenvalue weighted by Gasteiger charge is -2.17. The van der Waals surface area contributed by atoms with E-state index < -0.39 is 0 Å². The summed E-state index contributed by atoms with van der Waals surface area (Å²) < 4.78 is 0. The van der Waals surface area contributed by atoms with Crippen LogP contribution >= 0.6 is 0 Å². The Bertz CT molecular complexity index is 703. The molecule has 0 aliphatic carbocycles. The van der Waals surface area contributed by atoms with Crippen molar-refractivity contribution >= 4 is 16.7 Å². The fourth-order valence-corrected chi connectivity index (χ4v) is 1.94. The Morgan fingerprint density at radius 2 is 2.00 bits per heavy atom. The van der Waals surface area contributed by atoms with E-state index in [2.05, 4.69) is 16.8 Å². The van der Waals surface area contributed by atoms with Crippen LogP contribution < -0.4 is 5.56 Å². The van der Waals surface area contributed by atoms with Gasteiger partial charge in [0.2, 0.25) is 0 Å². The minimum atomic E-state index is -0.297. The summed E-state index contributed by atoms with van der Waals surface area (Å²) in [6.45, 7) is 6.08. The van der Waals surface area contributed by atoms with E-state index in [1.807, 2.05) is 6.92 Å². The predicted octanol–water partition coefficient (Wildman–Crippen LogP) is 1.57. The highest BCUT2D eigenvalue weighted by molar-refractivity contribution is 6.04. The highest BCUT2D eigenvalue weighted by atomic mass is 16.2. The molecule has 0 atom stereocenters. The van der Waals surface area contributed by atoms with Crippen molar-refractivity contribution in [3.8, 4) is 0 Å². The summed E-state index contributed by atoms with van der Waals surface area (Å²) in [5, 5.41) is 7.26. The fourth-order valence-electron chi connectivity index (χ4n) is 1.94. The number of carbonyl (C=O) groups excluding carboxylic acids is 1. The van der Waals surface area contributed by atoms with Gasteiger partial charge in [-0.25, -0.2) is 5.10 Å². The van der Waals surface area contributed by atoms with Crippen molar-refractivity contribution in [3.05, 3.63) is 52.5 Å². The molecule has 0 aliphatic heterocycles. The molecule has 0 aliphatic rings. The van der Waals surface area contributed by atoms with Gasteiger partial charge in [0.15, 0.2) is 5.69 Å². The molecule has 5 heteroatoms. The van der Waals surface area contributed by atoms with Crippen LogP contribution in [0.4, 0.5) is 0 Å². The van der Waals surface area contributed by atoms with Crippen LogP contribution in [-0.4, -0.2) is 34.6 Å². The molecule has 1 heterocycles. The monoisotopic (exact) mass is 257 g/mol. The Hall–Kier alpha value is -2.43. The van der Waals surface area contributed by atoms with Crippen molar-refractivity contribution in [1.29, 1.82) is 0 Å². The van der Waals surface area contributed by atoms with Crippen molar-refractivity contribution in [2.45, 2.75) is 6.92 Å². The van der Waals surface area contributed by atoms with E-state index >= 15 is 0 Å². The maximum atomic E-state index is 12.3. The largest absolute Gasteiger partial charge is 0.336 e. The normalized spacial score (nSPS) is 10.4. The predicted molar refractivity (Wildman–Crippen MR) is 74.1 cm³/mol. The van der Waals surface area contributed by atoms with E-state index in [-0.39, 0.29) is 17.2 Å². The van der Waals surface area contributed by atoms with Gasteiger partial charge in [0.1, 0.15) is 0 Å². The van der Waals surface area contributed by atoms with Gasteiger partial charge in [-0.05, 0) is 13.0 Å². The molecule has 0 unspecified atom stereocenters. The van der Waals surface area contributed by atoms with Gasteiger partial charge in [-0.2, -0.15) is 5.10 Å². The number of aromatic nitrogens is 2. The average Bonchev–Trinajstić information content (AvgIpc) is 2.38. The number of likely N-dealkylation sites (N-methyl/N-ethyl adjacent to an activating group) is 1. The van der Waals surface area contributed by atoms with Crippen molar-refractivity contribution in [2.24, 2.45) is 0 Å². The van der Waals surface area contributed by atoms with E-state index in [0.29, 0.717) is 17.3 Å². The van der Waals surface area contributed by atoms with Gasteiger partial charge in [-0.1, -0.05) is 30.4 Å². The second-order valence-electron chi connectivity index (χ2n) is 4.57. The summed E-state index contributed by atoms with van der Waals surface area (Å²) in [7, 11) is 1.68. The molecule has 0 radical (unpaired) electrons. The third-order valence-corrected chi connectivity index (χ3v) is 2.75. The number of amides is 1. The number of H-pyrrole nitrogens is 1. The number of fused-ring (bicyclic) bond motifs is 1. The Balaban J connectivity index is 2.51. The molecule has 2 aromatic rings. The number of nitrogens with zero attached hydrogens (tertiary/aromatic N) is 2. The Kier molecular flexibility index (Phi) is 3.46. The summed E-state index contributed by atoms with van der Waals surface area (Å²) in [5.41, 5.74) is 0.832. The summed E-state index contributed by atoms with van der Waals surface area (Å²) in [5.74, 6) is -0.240. The SMILES string of the molecule is C=C(C)CN(C)C(=O)c1n[nH]c(=O)c2ccccc12. The molecule has 5 nitrogen and oxygen atoms in total. The zero-order valence-electron chi connectivity index (χ0n) is 10.9. The summed E-state index contributed by atoms with van der Waals surface area (Å²) >= 11 is 0. The fraction of sp³-hybridized carbons (Fsp3) is 0.214. The second kappa shape index (κ2) is 5.06. The van der Waals surface area contributed by atoms with Gasteiger partial charge >= 0.3 is 0 Å². The van der Waals surface area contributed by atoms with Crippen LogP contribution in [-0.2, 0) is 0 Å². The van der Waals surface area contributed by atoms with E-state index in [9.17, 15) is 9.59 Å². The van der Waals surface area contributed by atoms with Crippen molar-refractivity contribution < 1.29 is 4.79 Å². The molecule has 0 fully saturated rings. The first-order valence-electron chi connectivity index (χ1n) is 5.88. The quantitative estimate of drug-likeness (QED) is 0.849. The van der Waals surface area contributed by atoms with Gasteiger partial charge in [-0.3, -0.25) is 9.59 Å².